The fraction of sp³-hybridized carbons (Fsp3) is 1.00. The van der Waals surface area contributed by atoms with Gasteiger partial charge in [-0.1, -0.05) is 80.1 Å². The van der Waals surface area contributed by atoms with Crippen LogP contribution in [0.2, 0.25) is 0 Å². The molecule has 1 saturated heterocycles. The molecule has 6 nitrogen and oxygen atoms in total. The van der Waals surface area contributed by atoms with Crippen molar-refractivity contribution in [3.63, 3.8) is 0 Å². The summed E-state index contributed by atoms with van der Waals surface area (Å²) in [4.78, 5) is 0. The summed E-state index contributed by atoms with van der Waals surface area (Å²) in [6.45, 7) is 21.2. The van der Waals surface area contributed by atoms with E-state index < -0.39 is 5.60 Å². The third kappa shape index (κ3) is 7.15. The van der Waals surface area contributed by atoms with Crippen LogP contribution < -0.4 is 0 Å². The van der Waals surface area contributed by atoms with Crippen LogP contribution in [0.1, 0.15) is 106 Å². The Hall–Kier alpha value is -0.240. The molecule has 0 atom stereocenters. The predicted molar refractivity (Wildman–Crippen MR) is 153 cm³/mol. The molecule has 3 fully saturated rings. The van der Waals surface area contributed by atoms with Crippen LogP contribution in [0.5, 0.6) is 0 Å². The number of rotatable bonds is 2. The van der Waals surface area contributed by atoms with E-state index in [9.17, 15) is 0 Å². The summed E-state index contributed by atoms with van der Waals surface area (Å²) < 4.78 is 37.4. The van der Waals surface area contributed by atoms with E-state index >= 15 is 0 Å². The topological polar surface area (TPSA) is 55.4 Å². The van der Waals surface area contributed by atoms with E-state index in [1.165, 1.54) is 64.2 Å². The molecule has 38 heavy (non-hydrogen) atoms. The van der Waals surface area contributed by atoms with Gasteiger partial charge in [-0.15, -0.1) is 0 Å². The Morgan fingerprint density at radius 3 is 1.05 bits per heavy atom. The molecule has 6 heteroatoms. The SMILES string of the molecule is CC(C)(C)C1(C2(C3(C(C)(C)C)CCCCC3)COCCOCCOCCOCCOCCO2)CCCCC1. The van der Waals surface area contributed by atoms with E-state index in [1.807, 2.05) is 0 Å². The van der Waals surface area contributed by atoms with Crippen molar-refractivity contribution in [1.82, 2.24) is 0 Å². The molecular weight excluding hydrogens is 480 g/mol. The lowest BCUT2D eigenvalue weighted by molar-refractivity contribution is -0.305. The van der Waals surface area contributed by atoms with Crippen molar-refractivity contribution in [2.45, 2.75) is 111 Å². The molecule has 1 heterocycles. The first kappa shape index (κ1) is 32.3. The first-order valence-electron chi connectivity index (χ1n) is 15.6. The second-order valence-corrected chi connectivity index (χ2v) is 14.0. The molecule has 0 aromatic heterocycles. The van der Waals surface area contributed by atoms with Crippen LogP contribution in [-0.2, 0) is 28.4 Å². The van der Waals surface area contributed by atoms with E-state index in [0.717, 1.165) is 0 Å². The Balaban J connectivity index is 2.04. The van der Waals surface area contributed by atoms with Crippen LogP contribution in [-0.4, -0.2) is 78.3 Å². The first-order chi connectivity index (χ1) is 18.1. The van der Waals surface area contributed by atoms with Gasteiger partial charge in [0, 0.05) is 10.8 Å². The smallest absolute Gasteiger partial charge is 0.104 e. The van der Waals surface area contributed by atoms with Gasteiger partial charge in [-0.3, -0.25) is 0 Å². The molecule has 224 valence electrons. The monoisotopic (exact) mass is 540 g/mol. The van der Waals surface area contributed by atoms with Gasteiger partial charge in [0.15, 0.2) is 0 Å². The summed E-state index contributed by atoms with van der Waals surface area (Å²) in [5, 5.41) is 0. The van der Waals surface area contributed by atoms with E-state index in [0.29, 0.717) is 72.7 Å². The Kier molecular flexibility index (Phi) is 12.4. The molecule has 0 N–H and O–H groups in total. The number of hydrogen-bond acceptors (Lipinski definition) is 6. The summed E-state index contributed by atoms with van der Waals surface area (Å²) in [6.07, 6.45) is 12.5. The second kappa shape index (κ2) is 14.6. The summed E-state index contributed by atoms with van der Waals surface area (Å²) in [5.41, 5.74) is -0.229. The van der Waals surface area contributed by atoms with Crippen molar-refractivity contribution in [2.24, 2.45) is 21.7 Å². The van der Waals surface area contributed by atoms with Gasteiger partial charge in [0.25, 0.3) is 0 Å². The van der Waals surface area contributed by atoms with Crippen LogP contribution in [0.25, 0.3) is 0 Å². The van der Waals surface area contributed by atoms with Crippen LogP contribution in [0.3, 0.4) is 0 Å². The molecule has 0 spiro atoms. The van der Waals surface area contributed by atoms with Crippen molar-refractivity contribution >= 4 is 0 Å². The quantitative estimate of drug-likeness (QED) is 0.383. The normalized spacial score (nSPS) is 27.6. The standard InChI is InChI=1S/C32H60O6/c1-28(2,3)30(13-9-7-10-14-30)32(31(29(4,5)6)15-11-8-12-16-31)27-37-24-23-35-20-19-33-17-18-34-21-22-36-25-26-38-32/h7-27H2,1-6H3. The molecule has 3 rings (SSSR count). The average Bonchev–Trinajstić information content (AvgIpc) is 2.88. The minimum atomic E-state index is -0.411. The molecule has 0 unspecified atom stereocenters. The predicted octanol–water partition coefficient (Wildman–Crippen LogP) is 6.83. The van der Waals surface area contributed by atoms with Crippen molar-refractivity contribution in [3.05, 3.63) is 0 Å². The van der Waals surface area contributed by atoms with Crippen LogP contribution >= 0.6 is 0 Å². The summed E-state index contributed by atoms with van der Waals surface area (Å²) in [6, 6.07) is 0. The Bertz CT molecular complexity index is 596. The fourth-order valence-corrected chi connectivity index (χ4v) is 8.25. The maximum atomic E-state index is 7.46. The molecule has 0 radical (unpaired) electrons. The van der Waals surface area contributed by atoms with Crippen LogP contribution in [0, 0.1) is 21.7 Å². The van der Waals surface area contributed by atoms with Crippen molar-refractivity contribution in [1.29, 1.82) is 0 Å². The number of ether oxygens (including phenoxy) is 6. The highest BCUT2D eigenvalue weighted by atomic mass is 16.6. The van der Waals surface area contributed by atoms with Gasteiger partial charge in [0.05, 0.1) is 72.7 Å². The Morgan fingerprint density at radius 1 is 0.395 bits per heavy atom. The van der Waals surface area contributed by atoms with Crippen molar-refractivity contribution in [3.8, 4) is 0 Å². The van der Waals surface area contributed by atoms with Gasteiger partial charge < -0.3 is 28.4 Å². The van der Waals surface area contributed by atoms with E-state index in [1.54, 1.807) is 0 Å². The van der Waals surface area contributed by atoms with E-state index in [4.69, 9.17) is 28.4 Å². The third-order valence-electron chi connectivity index (χ3n) is 10.2. The van der Waals surface area contributed by atoms with E-state index in [-0.39, 0.29) is 21.7 Å². The Morgan fingerprint density at radius 2 is 0.711 bits per heavy atom. The molecule has 3 aliphatic rings. The summed E-state index contributed by atoms with van der Waals surface area (Å²) >= 11 is 0. The van der Waals surface area contributed by atoms with Crippen LogP contribution in [0.15, 0.2) is 0 Å². The van der Waals surface area contributed by atoms with Gasteiger partial charge >= 0.3 is 0 Å². The highest BCUT2D eigenvalue weighted by molar-refractivity contribution is 5.18. The van der Waals surface area contributed by atoms with Crippen LogP contribution in [0.4, 0.5) is 0 Å². The molecule has 1 aliphatic heterocycles. The first-order valence-corrected chi connectivity index (χ1v) is 15.6. The molecular formula is C32H60O6. The van der Waals surface area contributed by atoms with E-state index in [2.05, 4.69) is 41.5 Å². The van der Waals surface area contributed by atoms with Gasteiger partial charge in [-0.25, -0.2) is 0 Å². The lowest BCUT2D eigenvalue weighted by Crippen LogP contribution is -2.71. The molecule has 0 aromatic carbocycles. The molecule has 2 aliphatic carbocycles. The maximum Gasteiger partial charge on any atom is 0.104 e. The fourth-order valence-electron chi connectivity index (χ4n) is 8.25. The minimum Gasteiger partial charge on any atom is -0.377 e. The third-order valence-corrected chi connectivity index (χ3v) is 10.2. The summed E-state index contributed by atoms with van der Waals surface area (Å²) in [7, 11) is 0. The summed E-state index contributed by atoms with van der Waals surface area (Å²) in [5.74, 6) is 0. The van der Waals surface area contributed by atoms with Gasteiger partial charge in [-0.05, 0) is 36.5 Å². The largest absolute Gasteiger partial charge is 0.377 e. The molecule has 2 saturated carbocycles. The van der Waals surface area contributed by atoms with Gasteiger partial charge in [0.2, 0.25) is 0 Å². The molecule has 0 aromatic rings. The molecule has 0 amide bonds. The Labute approximate surface area is 234 Å². The highest BCUT2D eigenvalue weighted by Crippen LogP contribution is 2.69. The van der Waals surface area contributed by atoms with Gasteiger partial charge in [0.1, 0.15) is 5.60 Å². The number of hydrogen-bond donors (Lipinski definition) is 0. The highest BCUT2D eigenvalue weighted by Gasteiger charge is 2.69. The lowest BCUT2D eigenvalue weighted by Gasteiger charge is -2.69. The van der Waals surface area contributed by atoms with Crippen molar-refractivity contribution in [2.75, 3.05) is 72.7 Å². The van der Waals surface area contributed by atoms with Crippen molar-refractivity contribution < 1.29 is 28.4 Å². The lowest BCUT2D eigenvalue weighted by atomic mass is 9.39. The zero-order valence-electron chi connectivity index (χ0n) is 25.8. The average molecular weight is 541 g/mol. The maximum absolute atomic E-state index is 7.46. The zero-order chi connectivity index (χ0) is 27.6. The molecule has 0 bridgehead atoms. The second-order valence-electron chi connectivity index (χ2n) is 14.0. The van der Waals surface area contributed by atoms with Gasteiger partial charge in [-0.2, -0.15) is 0 Å². The minimum absolute atomic E-state index is 0.0154. The zero-order valence-corrected chi connectivity index (χ0v) is 25.8.